The number of imidazole rings is 1. The number of H-pyrrole nitrogens is 1. The van der Waals surface area contributed by atoms with E-state index in [1.807, 2.05) is 27.7 Å². The summed E-state index contributed by atoms with van der Waals surface area (Å²) < 4.78 is 0. The van der Waals surface area contributed by atoms with Gasteiger partial charge in [0, 0.05) is 7.34 Å². The standard InChI is InChI=1S/C12H16N2.2C2H6.H2/c1-4-9-5-6-10-11(7-9)14-12(13-10)8(2)3;2*1-2;/h5-8H,4H2,1-3H3,(H,13,14);2*1-2H3;1H. The summed E-state index contributed by atoms with van der Waals surface area (Å²) >= 11 is 0. The predicted octanol–water partition coefficient (Wildman–Crippen LogP) is 5.55. The number of hydrogen-bond acceptors (Lipinski definition) is 1. The predicted molar refractivity (Wildman–Crippen MR) is 84.4 cm³/mol. The van der Waals surface area contributed by atoms with Gasteiger partial charge in [0.1, 0.15) is 5.82 Å². The summed E-state index contributed by atoms with van der Waals surface area (Å²) in [7, 11) is 0. The third kappa shape index (κ3) is 4.17. The van der Waals surface area contributed by atoms with E-state index in [9.17, 15) is 0 Å². The molecule has 2 heteroatoms. The fraction of sp³-hybridized carbons (Fsp3) is 0.562. The van der Waals surface area contributed by atoms with Crippen molar-refractivity contribution in [2.45, 2.75) is 60.8 Å². The Labute approximate surface area is 113 Å². The van der Waals surface area contributed by atoms with Crippen molar-refractivity contribution in [3.8, 4) is 0 Å². The Bertz CT molecular complexity index is 447. The van der Waals surface area contributed by atoms with E-state index in [4.69, 9.17) is 0 Å². The molecule has 1 heterocycles. The van der Waals surface area contributed by atoms with Crippen molar-refractivity contribution < 1.29 is 1.43 Å². The minimum Gasteiger partial charge on any atom is -0.342 e. The Hall–Kier alpha value is -1.31. The molecule has 0 aliphatic heterocycles. The van der Waals surface area contributed by atoms with E-state index >= 15 is 0 Å². The maximum absolute atomic E-state index is 4.53. The van der Waals surface area contributed by atoms with Crippen LogP contribution in [0.1, 0.15) is 67.2 Å². The van der Waals surface area contributed by atoms with E-state index in [1.54, 1.807) is 0 Å². The Morgan fingerprint density at radius 2 is 1.78 bits per heavy atom. The molecular formula is C16H30N2. The van der Waals surface area contributed by atoms with Gasteiger partial charge in [0.15, 0.2) is 0 Å². The number of hydrogen-bond donors (Lipinski definition) is 1. The van der Waals surface area contributed by atoms with E-state index in [-0.39, 0.29) is 1.43 Å². The van der Waals surface area contributed by atoms with Crippen molar-refractivity contribution in [1.29, 1.82) is 0 Å². The number of fused-ring (bicyclic) bond motifs is 1. The summed E-state index contributed by atoms with van der Waals surface area (Å²) in [6, 6.07) is 6.43. The van der Waals surface area contributed by atoms with Crippen LogP contribution in [-0.4, -0.2) is 9.97 Å². The first kappa shape index (κ1) is 16.7. The summed E-state index contributed by atoms with van der Waals surface area (Å²) in [6.45, 7) is 14.5. The highest BCUT2D eigenvalue weighted by atomic mass is 14.9. The van der Waals surface area contributed by atoms with E-state index in [1.165, 1.54) is 5.56 Å². The third-order valence-electron chi connectivity index (χ3n) is 2.52. The van der Waals surface area contributed by atoms with Crippen LogP contribution in [0.15, 0.2) is 18.2 Å². The molecule has 0 unspecified atom stereocenters. The van der Waals surface area contributed by atoms with Gasteiger partial charge in [-0.15, -0.1) is 0 Å². The zero-order valence-corrected chi connectivity index (χ0v) is 13.0. The third-order valence-corrected chi connectivity index (χ3v) is 2.52. The van der Waals surface area contributed by atoms with Crippen LogP contribution in [0.25, 0.3) is 11.0 Å². The van der Waals surface area contributed by atoms with Crippen LogP contribution < -0.4 is 0 Å². The molecule has 18 heavy (non-hydrogen) atoms. The molecule has 1 aromatic heterocycles. The number of benzene rings is 1. The maximum Gasteiger partial charge on any atom is 0.109 e. The molecular weight excluding hydrogens is 220 g/mol. The minimum absolute atomic E-state index is 0. The first-order valence-electron chi connectivity index (χ1n) is 7.19. The van der Waals surface area contributed by atoms with E-state index in [0.717, 1.165) is 23.3 Å². The van der Waals surface area contributed by atoms with E-state index < -0.39 is 0 Å². The Balaban J connectivity index is 0. The van der Waals surface area contributed by atoms with Crippen molar-refractivity contribution >= 4 is 11.0 Å². The monoisotopic (exact) mass is 250 g/mol. The van der Waals surface area contributed by atoms with Crippen LogP contribution in [0, 0.1) is 0 Å². The molecule has 2 nitrogen and oxygen atoms in total. The fourth-order valence-corrected chi connectivity index (χ4v) is 1.57. The number of rotatable bonds is 2. The van der Waals surface area contributed by atoms with Gasteiger partial charge in [-0.2, -0.15) is 0 Å². The molecule has 1 N–H and O–H groups in total. The first-order chi connectivity index (χ1) is 8.70. The quantitative estimate of drug-likeness (QED) is 0.744. The molecule has 104 valence electrons. The topological polar surface area (TPSA) is 28.7 Å². The number of aromatic amines is 1. The van der Waals surface area contributed by atoms with E-state index in [2.05, 4.69) is 48.9 Å². The van der Waals surface area contributed by atoms with Crippen molar-refractivity contribution in [3.05, 3.63) is 29.6 Å². The second-order valence-corrected chi connectivity index (χ2v) is 3.98. The molecule has 0 aliphatic rings. The highest BCUT2D eigenvalue weighted by Gasteiger charge is 2.05. The lowest BCUT2D eigenvalue weighted by atomic mass is 10.1. The summed E-state index contributed by atoms with van der Waals surface area (Å²) in [6.07, 6.45) is 1.08. The minimum atomic E-state index is 0. The normalized spacial score (nSPS) is 9.56. The van der Waals surface area contributed by atoms with Gasteiger partial charge in [-0.3, -0.25) is 0 Å². The van der Waals surface area contributed by atoms with Crippen LogP contribution in [0.3, 0.4) is 0 Å². The molecule has 0 amide bonds. The number of aromatic nitrogens is 2. The van der Waals surface area contributed by atoms with Crippen LogP contribution in [-0.2, 0) is 6.42 Å². The molecule has 0 spiro atoms. The van der Waals surface area contributed by atoms with Crippen LogP contribution in [0.4, 0.5) is 0 Å². The molecule has 0 aliphatic carbocycles. The Morgan fingerprint density at radius 1 is 1.17 bits per heavy atom. The van der Waals surface area contributed by atoms with Crippen LogP contribution in [0.2, 0.25) is 0 Å². The molecule has 0 saturated carbocycles. The maximum atomic E-state index is 4.53. The molecule has 2 aromatic rings. The lowest BCUT2D eigenvalue weighted by molar-refractivity contribution is 0.799. The van der Waals surface area contributed by atoms with Gasteiger partial charge >= 0.3 is 0 Å². The molecule has 0 saturated heterocycles. The van der Waals surface area contributed by atoms with Gasteiger partial charge in [-0.1, -0.05) is 54.5 Å². The number of nitrogens with zero attached hydrogens (tertiary/aromatic N) is 1. The molecule has 0 bridgehead atoms. The smallest absolute Gasteiger partial charge is 0.109 e. The largest absolute Gasteiger partial charge is 0.342 e. The first-order valence-corrected chi connectivity index (χ1v) is 7.19. The van der Waals surface area contributed by atoms with Gasteiger partial charge in [-0.25, -0.2) is 4.98 Å². The number of nitrogens with one attached hydrogen (secondary N) is 1. The SMILES string of the molecule is CC.CC.CCc1ccc2nc(C(C)C)[nH]c2c1.[HH]. The molecule has 2 rings (SSSR count). The van der Waals surface area contributed by atoms with Crippen molar-refractivity contribution in [3.63, 3.8) is 0 Å². The summed E-state index contributed by atoms with van der Waals surface area (Å²) in [4.78, 5) is 7.89. The van der Waals surface area contributed by atoms with Gasteiger partial charge in [-0.05, 0) is 24.1 Å². The average Bonchev–Trinajstić information content (AvgIpc) is 2.86. The molecule has 0 fully saturated rings. The van der Waals surface area contributed by atoms with E-state index in [0.29, 0.717) is 5.92 Å². The number of aryl methyl sites for hydroxylation is 1. The Kier molecular flexibility index (Phi) is 8.10. The Morgan fingerprint density at radius 3 is 2.28 bits per heavy atom. The lowest BCUT2D eigenvalue weighted by Gasteiger charge is -1.96. The summed E-state index contributed by atoms with van der Waals surface area (Å²) in [5, 5.41) is 0. The fourth-order valence-electron chi connectivity index (χ4n) is 1.57. The lowest BCUT2D eigenvalue weighted by Crippen LogP contribution is -1.88. The van der Waals surface area contributed by atoms with Gasteiger partial charge in [0.25, 0.3) is 0 Å². The van der Waals surface area contributed by atoms with Crippen molar-refractivity contribution in [2.24, 2.45) is 0 Å². The summed E-state index contributed by atoms with van der Waals surface area (Å²) in [5.41, 5.74) is 3.59. The second-order valence-electron chi connectivity index (χ2n) is 3.98. The second kappa shape index (κ2) is 8.73. The zero-order valence-electron chi connectivity index (χ0n) is 13.0. The zero-order chi connectivity index (χ0) is 14.1. The van der Waals surface area contributed by atoms with Crippen molar-refractivity contribution in [2.75, 3.05) is 0 Å². The van der Waals surface area contributed by atoms with Gasteiger partial charge < -0.3 is 4.98 Å². The highest BCUT2D eigenvalue weighted by molar-refractivity contribution is 5.75. The van der Waals surface area contributed by atoms with Gasteiger partial charge in [0.05, 0.1) is 11.0 Å². The average molecular weight is 250 g/mol. The molecule has 0 radical (unpaired) electrons. The van der Waals surface area contributed by atoms with Crippen molar-refractivity contribution in [1.82, 2.24) is 9.97 Å². The highest BCUT2D eigenvalue weighted by Crippen LogP contribution is 2.18. The van der Waals surface area contributed by atoms with Crippen LogP contribution in [0.5, 0.6) is 0 Å². The molecule has 0 atom stereocenters. The van der Waals surface area contributed by atoms with Crippen LogP contribution >= 0.6 is 0 Å². The van der Waals surface area contributed by atoms with Gasteiger partial charge in [0.2, 0.25) is 0 Å². The summed E-state index contributed by atoms with van der Waals surface area (Å²) in [5.74, 6) is 1.54. The molecule has 1 aromatic carbocycles.